The zero-order chi connectivity index (χ0) is 19.2. The Morgan fingerprint density at radius 2 is 2.00 bits per heavy atom. The summed E-state index contributed by atoms with van der Waals surface area (Å²) in [6.07, 6.45) is 0. The molecule has 0 radical (unpaired) electrons. The summed E-state index contributed by atoms with van der Waals surface area (Å²) in [5.41, 5.74) is 2.68. The van der Waals surface area contributed by atoms with Crippen molar-refractivity contribution in [1.82, 2.24) is 14.9 Å². The van der Waals surface area contributed by atoms with Gasteiger partial charge in [0.15, 0.2) is 5.82 Å². The van der Waals surface area contributed by atoms with Gasteiger partial charge in [-0.15, -0.1) is 10.2 Å². The van der Waals surface area contributed by atoms with Crippen LogP contribution in [0.25, 0.3) is 11.4 Å². The van der Waals surface area contributed by atoms with E-state index in [4.69, 9.17) is 10.6 Å². The highest BCUT2D eigenvalue weighted by Gasteiger charge is 2.14. The number of thioether (sulfide) groups is 1. The highest BCUT2D eigenvalue weighted by atomic mass is 32.2. The quantitative estimate of drug-likeness (QED) is 0.481. The van der Waals surface area contributed by atoms with Gasteiger partial charge in [0.05, 0.1) is 12.4 Å². The number of nitrogens with zero attached hydrogens (tertiary/aromatic N) is 3. The van der Waals surface area contributed by atoms with Gasteiger partial charge in [-0.3, -0.25) is 4.79 Å². The molecule has 0 saturated carbocycles. The number of benzene rings is 2. The molecule has 3 rings (SSSR count). The molecule has 2 aromatic carbocycles. The first kappa shape index (κ1) is 18.8. The molecule has 140 valence electrons. The molecule has 0 aliphatic rings. The Balaban J connectivity index is 1.62. The normalized spacial score (nSPS) is 10.6. The Morgan fingerprint density at radius 3 is 2.70 bits per heavy atom. The molecule has 7 nitrogen and oxygen atoms in total. The van der Waals surface area contributed by atoms with Crippen molar-refractivity contribution in [2.75, 3.05) is 23.5 Å². The number of amides is 1. The number of aromatic nitrogens is 3. The fraction of sp³-hybridized carbons (Fsp3) is 0.211. The minimum atomic E-state index is -0.129. The number of aryl methyl sites for hydroxylation is 1. The monoisotopic (exact) mass is 383 g/mol. The number of hydrogen-bond donors (Lipinski definition) is 2. The standard InChI is InChI=1S/C19H21N5O2S/c1-3-26-16-9-7-14(8-10-16)18-22-23-19(24(18)20)27-12-17(25)21-15-6-4-5-13(2)11-15/h4-11H,3,12,20H2,1-2H3,(H,21,25). The van der Waals surface area contributed by atoms with Gasteiger partial charge in [0.1, 0.15) is 5.75 Å². The maximum absolute atomic E-state index is 12.1. The van der Waals surface area contributed by atoms with Gasteiger partial charge in [-0.2, -0.15) is 0 Å². The summed E-state index contributed by atoms with van der Waals surface area (Å²) in [6.45, 7) is 4.52. The summed E-state index contributed by atoms with van der Waals surface area (Å²) in [4.78, 5) is 12.1. The molecule has 0 saturated heterocycles. The molecule has 0 bridgehead atoms. The number of carbonyl (C=O) groups excluding carboxylic acids is 1. The third-order valence-electron chi connectivity index (χ3n) is 3.72. The smallest absolute Gasteiger partial charge is 0.234 e. The van der Waals surface area contributed by atoms with E-state index in [-0.39, 0.29) is 11.7 Å². The highest BCUT2D eigenvalue weighted by molar-refractivity contribution is 7.99. The molecule has 0 aliphatic carbocycles. The molecule has 8 heteroatoms. The summed E-state index contributed by atoms with van der Waals surface area (Å²) >= 11 is 1.23. The van der Waals surface area contributed by atoms with Crippen LogP contribution >= 0.6 is 11.8 Å². The van der Waals surface area contributed by atoms with Crippen molar-refractivity contribution < 1.29 is 9.53 Å². The first-order valence-electron chi connectivity index (χ1n) is 8.50. The molecule has 0 fully saturated rings. The second kappa shape index (κ2) is 8.59. The number of nitrogens with two attached hydrogens (primary N) is 1. The summed E-state index contributed by atoms with van der Waals surface area (Å²) < 4.78 is 6.82. The number of ether oxygens (including phenoxy) is 1. The topological polar surface area (TPSA) is 95.1 Å². The van der Waals surface area contributed by atoms with Gasteiger partial charge in [0.2, 0.25) is 11.1 Å². The van der Waals surface area contributed by atoms with Crippen LogP contribution in [0.1, 0.15) is 12.5 Å². The lowest BCUT2D eigenvalue weighted by Gasteiger charge is -2.07. The van der Waals surface area contributed by atoms with Crippen LogP contribution in [0, 0.1) is 6.92 Å². The largest absolute Gasteiger partial charge is 0.494 e. The van der Waals surface area contributed by atoms with Crippen molar-refractivity contribution >= 4 is 23.4 Å². The fourth-order valence-corrected chi connectivity index (χ4v) is 3.15. The van der Waals surface area contributed by atoms with E-state index in [9.17, 15) is 4.79 Å². The first-order chi connectivity index (χ1) is 13.1. The number of nitrogen functional groups attached to an aromatic ring is 1. The van der Waals surface area contributed by atoms with E-state index in [0.717, 1.165) is 22.6 Å². The van der Waals surface area contributed by atoms with E-state index in [1.54, 1.807) is 0 Å². The van der Waals surface area contributed by atoms with E-state index < -0.39 is 0 Å². The van der Waals surface area contributed by atoms with Crippen LogP contribution < -0.4 is 15.9 Å². The highest BCUT2D eigenvalue weighted by Crippen LogP contribution is 2.23. The molecular weight excluding hydrogens is 362 g/mol. The van der Waals surface area contributed by atoms with E-state index in [2.05, 4.69) is 15.5 Å². The van der Waals surface area contributed by atoms with Crippen LogP contribution in [-0.4, -0.2) is 33.1 Å². The van der Waals surface area contributed by atoms with E-state index in [1.807, 2.05) is 62.4 Å². The van der Waals surface area contributed by atoms with Gasteiger partial charge in [0.25, 0.3) is 0 Å². The van der Waals surface area contributed by atoms with E-state index in [0.29, 0.717) is 17.6 Å². The summed E-state index contributed by atoms with van der Waals surface area (Å²) in [5, 5.41) is 11.5. The number of anilines is 1. The number of rotatable bonds is 7. The van der Waals surface area contributed by atoms with Gasteiger partial charge in [-0.05, 0) is 55.8 Å². The van der Waals surface area contributed by atoms with Crippen LogP contribution in [0.5, 0.6) is 5.75 Å². The SMILES string of the molecule is CCOc1ccc(-c2nnc(SCC(=O)Nc3cccc(C)c3)n2N)cc1. The molecule has 3 aromatic rings. The third kappa shape index (κ3) is 4.79. The van der Waals surface area contributed by atoms with Crippen LogP contribution in [0.4, 0.5) is 5.69 Å². The molecule has 0 aliphatic heterocycles. The minimum absolute atomic E-state index is 0.129. The predicted octanol–water partition coefficient (Wildman–Crippen LogP) is 3.10. The Kier molecular flexibility index (Phi) is 5.97. The number of hydrogen-bond acceptors (Lipinski definition) is 6. The fourth-order valence-electron chi connectivity index (χ4n) is 2.49. The molecule has 1 aromatic heterocycles. The van der Waals surface area contributed by atoms with Crippen LogP contribution in [0.3, 0.4) is 0 Å². The van der Waals surface area contributed by atoms with Crippen molar-refractivity contribution in [1.29, 1.82) is 0 Å². The van der Waals surface area contributed by atoms with Crippen LogP contribution in [0.2, 0.25) is 0 Å². The Morgan fingerprint density at radius 1 is 1.22 bits per heavy atom. The van der Waals surface area contributed by atoms with Crippen molar-refractivity contribution in [2.45, 2.75) is 19.0 Å². The Hall–Kier alpha value is -3.00. The van der Waals surface area contributed by atoms with Gasteiger partial charge in [-0.25, -0.2) is 4.68 Å². The lowest BCUT2D eigenvalue weighted by atomic mass is 10.2. The molecule has 0 atom stereocenters. The van der Waals surface area contributed by atoms with Crippen molar-refractivity contribution in [3.8, 4) is 17.1 Å². The third-order valence-corrected chi connectivity index (χ3v) is 4.67. The zero-order valence-corrected chi connectivity index (χ0v) is 16.0. The second-order valence-electron chi connectivity index (χ2n) is 5.84. The maximum atomic E-state index is 12.1. The van der Waals surface area contributed by atoms with Crippen molar-refractivity contribution in [3.05, 3.63) is 54.1 Å². The van der Waals surface area contributed by atoms with Crippen LogP contribution in [-0.2, 0) is 4.79 Å². The summed E-state index contributed by atoms with van der Waals surface area (Å²) in [6, 6.07) is 15.1. The van der Waals surface area contributed by atoms with E-state index in [1.165, 1.54) is 16.4 Å². The van der Waals surface area contributed by atoms with Gasteiger partial charge < -0.3 is 15.9 Å². The van der Waals surface area contributed by atoms with Crippen molar-refractivity contribution in [2.24, 2.45) is 0 Å². The average Bonchev–Trinajstić information content (AvgIpc) is 3.02. The average molecular weight is 383 g/mol. The molecule has 3 N–H and O–H groups in total. The van der Waals surface area contributed by atoms with Gasteiger partial charge >= 0.3 is 0 Å². The minimum Gasteiger partial charge on any atom is -0.494 e. The molecule has 0 unspecified atom stereocenters. The van der Waals surface area contributed by atoms with Crippen LogP contribution in [0.15, 0.2) is 53.7 Å². The second-order valence-corrected chi connectivity index (χ2v) is 6.78. The lowest BCUT2D eigenvalue weighted by Crippen LogP contribution is -2.16. The molecular formula is C19H21N5O2S. The first-order valence-corrected chi connectivity index (χ1v) is 9.48. The molecule has 1 amide bonds. The lowest BCUT2D eigenvalue weighted by molar-refractivity contribution is -0.113. The van der Waals surface area contributed by atoms with Gasteiger partial charge in [0, 0.05) is 11.3 Å². The zero-order valence-electron chi connectivity index (χ0n) is 15.2. The molecule has 27 heavy (non-hydrogen) atoms. The molecule has 0 spiro atoms. The van der Waals surface area contributed by atoms with Crippen molar-refractivity contribution in [3.63, 3.8) is 0 Å². The Labute approximate surface area is 161 Å². The summed E-state index contributed by atoms with van der Waals surface area (Å²) in [7, 11) is 0. The summed E-state index contributed by atoms with van der Waals surface area (Å²) in [5.74, 6) is 7.47. The van der Waals surface area contributed by atoms with Gasteiger partial charge in [-0.1, -0.05) is 23.9 Å². The number of nitrogens with one attached hydrogen (secondary N) is 1. The maximum Gasteiger partial charge on any atom is 0.234 e. The van der Waals surface area contributed by atoms with E-state index >= 15 is 0 Å². The number of carbonyl (C=O) groups is 1. The Bertz CT molecular complexity index is 924. The predicted molar refractivity (Wildman–Crippen MR) is 107 cm³/mol. The molecule has 1 heterocycles.